The molecule has 0 nitrogen and oxygen atoms in total. The van der Waals surface area contributed by atoms with Gasteiger partial charge in [0.05, 0.1) is 5.34 Å². The van der Waals surface area contributed by atoms with Gasteiger partial charge in [0.25, 0.3) is 0 Å². The van der Waals surface area contributed by atoms with Gasteiger partial charge in [-0.3, -0.25) is 0 Å². The minimum Gasteiger partial charge on any atom is -0.109 e. The molecule has 0 unspecified atom stereocenters. The van der Waals surface area contributed by atoms with Crippen LogP contribution in [0.5, 0.6) is 0 Å². The molecular formula is C9H19Cl2. The smallest absolute Gasteiger partial charge is 0.0967 e. The van der Waals surface area contributed by atoms with Gasteiger partial charge in [-0.1, -0.05) is 52.4 Å². The molecule has 0 bridgehead atoms. The summed E-state index contributed by atoms with van der Waals surface area (Å²) >= 11 is 9.53. The molecule has 0 amide bonds. The summed E-state index contributed by atoms with van der Waals surface area (Å²) in [6.07, 6.45) is 9.00. The van der Waals surface area contributed by atoms with Crippen molar-refractivity contribution in [3.8, 4) is 0 Å². The predicted molar refractivity (Wildman–Crippen MR) is 55.3 cm³/mol. The Morgan fingerprint density at radius 1 is 0.818 bits per heavy atom. The SMILES string of the molecule is C1CCCCC1.ClCCl.[CH2]C. The van der Waals surface area contributed by atoms with Crippen LogP contribution in [-0.4, -0.2) is 5.34 Å². The Labute approximate surface area is 81.3 Å². The average Bonchev–Trinajstić information content (AvgIpc) is 2.12. The molecular weight excluding hydrogens is 179 g/mol. The van der Waals surface area contributed by atoms with Gasteiger partial charge in [0, 0.05) is 0 Å². The zero-order valence-electron chi connectivity index (χ0n) is 7.41. The van der Waals surface area contributed by atoms with Crippen LogP contribution in [0, 0.1) is 6.92 Å². The quantitative estimate of drug-likeness (QED) is 0.499. The molecule has 1 saturated carbocycles. The van der Waals surface area contributed by atoms with Crippen LogP contribution < -0.4 is 0 Å². The molecule has 0 aromatic carbocycles. The first-order chi connectivity index (χ1) is 5.41. The second-order valence-corrected chi connectivity index (χ2v) is 3.03. The van der Waals surface area contributed by atoms with E-state index < -0.39 is 0 Å². The van der Waals surface area contributed by atoms with Crippen LogP contribution in [-0.2, 0) is 0 Å². The van der Waals surface area contributed by atoms with E-state index in [-0.39, 0.29) is 5.34 Å². The van der Waals surface area contributed by atoms with E-state index in [4.69, 9.17) is 23.2 Å². The molecule has 1 fully saturated rings. The molecule has 2 heteroatoms. The van der Waals surface area contributed by atoms with Crippen molar-refractivity contribution in [2.75, 3.05) is 5.34 Å². The van der Waals surface area contributed by atoms with Gasteiger partial charge in [0.1, 0.15) is 0 Å². The molecule has 0 spiro atoms. The summed E-state index contributed by atoms with van der Waals surface area (Å²) in [5.41, 5.74) is 0. The second kappa shape index (κ2) is 16.9. The Bertz CT molecular complexity index is 31.3. The maximum absolute atomic E-state index is 4.76. The highest BCUT2D eigenvalue weighted by molar-refractivity contribution is 6.40. The third-order valence-corrected chi connectivity index (χ3v) is 1.50. The van der Waals surface area contributed by atoms with Gasteiger partial charge in [-0.05, 0) is 0 Å². The third kappa shape index (κ3) is 18.0. The first kappa shape index (κ1) is 14.1. The molecule has 1 aliphatic rings. The minimum absolute atomic E-state index is 0.194. The van der Waals surface area contributed by atoms with Crippen LogP contribution in [0.3, 0.4) is 0 Å². The summed E-state index contributed by atoms with van der Waals surface area (Å²) in [5.74, 6) is 0. The average molecular weight is 198 g/mol. The summed E-state index contributed by atoms with van der Waals surface area (Å²) in [6, 6.07) is 0. The fraction of sp³-hybridized carbons (Fsp3) is 0.889. The van der Waals surface area contributed by atoms with Crippen molar-refractivity contribution < 1.29 is 0 Å². The molecule has 1 aliphatic carbocycles. The molecule has 69 valence electrons. The maximum Gasteiger partial charge on any atom is 0.0967 e. The number of hydrogen-bond donors (Lipinski definition) is 0. The van der Waals surface area contributed by atoms with Crippen molar-refractivity contribution in [2.45, 2.75) is 45.4 Å². The van der Waals surface area contributed by atoms with Crippen molar-refractivity contribution >= 4 is 23.2 Å². The zero-order valence-corrected chi connectivity index (χ0v) is 8.92. The Kier molecular flexibility index (Phi) is 21.7. The van der Waals surface area contributed by atoms with Crippen molar-refractivity contribution in [1.82, 2.24) is 0 Å². The number of rotatable bonds is 0. The molecule has 1 radical (unpaired) electrons. The Hall–Kier alpha value is 0.580. The van der Waals surface area contributed by atoms with Gasteiger partial charge < -0.3 is 0 Å². The third-order valence-electron chi connectivity index (χ3n) is 1.50. The number of alkyl halides is 2. The topological polar surface area (TPSA) is 0 Å². The fourth-order valence-electron chi connectivity index (χ4n) is 1.06. The predicted octanol–water partition coefficient (Wildman–Crippen LogP) is 4.60. The van der Waals surface area contributed by atoms with Crippen LogP contribution in [0.2, 0.25) is 0 Å². The van der Waals surface area contributed by atoms with E-state index in [0.29, 0.717) is 0 Å². The van der Waals surface area contributed by atoms with Crippen LogP contribution in [0.25, 0.3) is 0 Å². The highest BCUT2D eigenvalue weighted by Crippen LogP contribution is 2.15. The number of hydrogen-bond acceptors (Lipinski definition) is 0. The monoisotopic (exact) mass is 197 g/mol. The number of halogens is 2. The standard InChI is InChI=1S/C6H12.C2H5.CH2Cl2/c1-2-4-6-5-3-1;1-2;2-1-3/h1-6H2;1H2,2H3;1H2. The van der Waals surface area contributed by atoms with E-state index in [1.165, 1.54) is 38.5 Å². The molecule has 0 aromatic heterocycles. The van der Waals surface area contributed by atoms with Gasteiger partial charge >= 0.3 is 0 Å². The highest BCUT2D eigenvalue weighted by Gasteiger charge is 1.95. The van der Waals surface area contributed by atoms with Crippen molar-refractivity contribution in [3.05, 3.63) is 6.92 Å². The van der Waals surface area contributed by atoms with Crippen LogP contribution in [0.1, 0.15) is 45.4 Å². The summed E-state index contributed by atoms with van der Waals surface area (Å²) in [4.78, 5) is 0. The summed E-state index contributed by atoms with van der Waals surface area (Å²) in [7, 11) is 0. The van der Waals surface area contributed by atoms with Gasteiger partial charge in [0.2, 0.25) is 0 Å². The van der Waals surface area contributed by atoms with Gasteiger partial charge in [-0.15, -0.1) is 23.2 Å². The lowest BCUT2D eigenvalue weighted by atomic mass is 10.0. The van der Waals surface area contributed by atoms with E-state index in [0.717, 1.165) is 0 Å². The van der Waals surface area contributed by atoms with Crippen LogP contribution >= 0.6 is 23.2 Å². The Balaban J connectivity index is 0. The maximum atomic E-state index is 4.76. The van der Waals surface area contributed by atoms with Crippen molar-refractivity contribution in [3.63, 3.8) is 0 Å². The molecule has 0 atom stereocenters. The lowest BCUT2D eigenvalue weighted by Crippen LogP contribution is -1.85. The minimum atomic E-state index is 0.194. The van der Waals surface area contributed by atoms with Crippen molar-refractivity contribution in [2.24, 2.45) is 0 Å². The molecule has 0 aromatic rings. The largest absolute Gasteiger partial charge is 0.109 e. The Morgan fingerprint density at radius 2 is 0.909 bits per heavy atom. The fourth-order valence-corrected chi connectivity index (χ4v) is 1.06. The first-order valence-electron chi connectivity index (χ1n) is 4.24. The van der Waals surface area contributed by atoms with E-state index >= 15 is 0 Å². The molecule has 0 heterocycles. The van der Waals surface area contributed by atoms with Gasteiger partial charge in [-0.25, -0.2) is 0 Å². The summed E-state index contributed by atoms with van der Waals surface area (Å²) in [6.45, 7) is 5.00. The van der Waals surface area contributed by atoms with E-state index in [1.807, 2.05) is 0 Å². The molecule has 0 N–H and O–H groups in total. The summed E-state index contributed by atoms with van der Waals surface area (Å²) in [5, 5.41) is 0.194. The van der Waals surface area contributed by atoms with Crippen LogP contribution in [0.15, 0.2) is 0 Å². The first-order valence-corrected chi connectivity index (χ1v) is 5.31. The Morgan fingerprint density at radius 3 is 1.00 bits per heavy atom. The van der Waals surface area contributed by atoms with E-state index in [1.54, 1.807) is 6.92 Å². The van der Waals surface area contributed by atoms with E-state index in [2.05, 4.69) is 6.92 Å². The lowest BCUT2D eigenvalue weighted by molar-refractivity contribution is 0.504. The molecule has 11 heavy (non-hydrogen) atoms. The molecule has 0 saturated heterocycles. The highest BCUT2D eigenvalue weighted by atomic mass is 35.5. The zero-order chi connectivity index (χ0) is 8.95. The lowest BCUT2D eigenvalue weighted by Gasteiger charge is -2.05. The van der Waals surface area contributed by atoms with E-state index in [9.17, 15) is 0 Å². The van der Waals surface area contributed by atoms with Gasteiger partial charge in [0.15, 0.2) is 0 Å². The normalized spacial score (nSPS) is 15.3. The van der Waals surface area contributed by atoms with Crippen LogP contribution in [0.4, 0.5) is 0 Å². The second-order valence-electron chi connectivity index (χ2n) is 2.22. The van der Waals surface area contributed by atoms with Gasteiger partial charge in [-0.2, -0.15) is 0 Å². The van der Waals surface area contributed by atoms with Crippen molar-refractivity contribution in [1.29, 1.82) is 0 Å². The molecule has 1 rings (SSSR count). The summed E-state index contributed by atoms with van der Waals surface area (Å²) < 4.78 is 0. The molecule has 0 aliphatic heterocycles.